The van der Waals surface area contributed by atoms with Gasteiger partial charge in [-0.1, -0.05) is 44.9 Å². The molecule has 6 rings (SSSR count). The standard InChI is InChI=1S/C24H12BrClN2O4S2/c25-12-3-6-15-11(8-12)9-16(32-15)21(29)19-20(17-2-1-7-33-17)28(23(31)22(19)30)24-27-14-5-4-13(26)10-18(14)34-24/h1-10,20,30H. The number of Topliss-reactive ketones (excluding diaryl/α,β-unsaturated/α-hetero) is 1. The number of nitrogens with zero attached hydrogens (tertiary/aromatic N) is 2. The monoisotopic (exact) mass is 570 g/mol. The minimum absolute atomic E-state index is 0.0390. The maximum Gasteiger partial charge on any atom is 0.296 e. The molecule has 0 aliphatic carbocycles. The Morgan fingerprint density at radius 1 is 1.18 bits per heavy atom. The third kappa shape index (κ3) is 3.39. The van der Waals surface area contributed by atoms with Crippen LogP contribution in [0.25, 0.3) is 21.2 Å². The summed E-state index contributed by atoms with van der Waals surface area (Å²) in [6.45, 7) is 0. The number of hydrogen-bond donors (Lipinski definition) is 1. The molecule has 168 valence electrons. The number of hydrogen-bond acceptors (Lipinski definition) is 7. The molecule has 34 heavy (non-hydrogen) atoms. The molecular weight excluding hydrogens is 560 g/mol. The average molecular weight is 572 g/mol. The van der Waals surface area contributed by atoms with E-state index in [0.29, 0.717) is 21.3 Å². The van der Waals surface area contributed by atoms with Crippen molar-refractivity contribution in [3.05, 3.63) is 91.4 Å². The molecule has 0 saturated carbocycles. The number of aliphatic hydroxyl groups excluding tert-OH is 1. The largest absolute Gasteiger partial charge is 0.503 e. The summed E-state index contributed by atoms with van der Waals surface area (Å²) >= 11 is 12.2. The smallest absolute Gasteiger partial charge is 0.296 e. The molecule has 4 heterocycles. The molecule has 1 unspecified atom stereocenters. The van der Waals surface area contributed by atoms with E-state index in [0.717, 1.165) is 19.4 Å². The Balaban J connectivity index is 1.49. The number of benzene rings is 2. The number of carbonyl (C=O) groups is 2. The Hall–Kier alpha value is -2.98. The van der Waals surface area contributed by atoms with Crippen molar-refractivity contribution in [3.63, 3.8) is 0 Å². The predicted molar refractivity (Wildman–Crippen MR) is 137 cm³/mol. The number of amides is 1. The van der Waals surface area contributed by atoms with Crippen LogP contribution in [-0.2, 0) is 4.79 Å². The van der Waals surface area contributed by atoms with Crippen LogP contribution in [0.5, 0.6) is 0 Å². The number of thiazole rings is 1. The molecule has 3 aromatic heterocycles. The van der Waals surface area contributed by atoms with E-state index in [1.165, 1.54) is 27.6 Å². The second-order valence-electron chi connectivity index (χ2n) is 7.59. The minimum Gasteiger partial charge on any atom is -0.503 e. The van der Waals surface area contributed by atoms with Crippen molar-refractivity contribution in [1.29, 1.82) is 0 Å². The van der Waals surface area contributed by atoms with E-state index in [1.54, 1.807) is 30.3 Å². The molecule has 10 heteroatoms. The summed E-state index contributed by atoms with van der Waals surface area (Å²) in [6, 6.07) is 15.1. The van der Waals surface area contributed by atoms with Crippen molar-refractivity contribution < 1.29 is 19.1 Å². The van der Waals surface area contributed by atoms with Crippen LogP contribution in [0.1, 0.15) is 21.5 Å². The fourth-order valence-corrected chi connectivity index (χ4v) is 6.47. The van der Waals surface area contributed by atoms with Crippen LogP contribution < -0.4 is 4.90 Å². The normalized spacial score (nSPS) is 16.4. The van der Waals surface area contributed by atoms with Gasteiger partial charge in [-0.05, 0) is 53.9 Å². The fraction of sp³-hybridized carbons (Fsp3) is 0.0417. The molecule has 1 N–H and O–H groups in total. The van der Waals surface area contributed by atoms with Crippen molar-refractivity contribution in [2.45, 2.75) is 6.04 Å². The molecule has 2 aromatic carbocycles. The van der Waals surface area contributed by atoms with E-state index in [9.17, 15) is 14.7 Å². The Kier molecular flexibility index (Phi) is 5.11. The van der Waals surface area contributed by atoms with Crippen LogP contribution in [-0.4, -0.2) is 21.8 Å². The molecule has 1 aliphatic heterocycles. The highest BCUT2D eigenvalue weighted by atomic mass is 79.9. The molecule has 1 atom stereocenters. The predicted octanol–water partition coefficient (Wildman–Crippen LogP) is 7.30. The third-order valence-corrected chi connectivity index (χ3v) is 8.18. The van der Waals surface area contributed by atoms with Gasteiger partial charge in [0, 0.05) is 19.8 Å². The number of halogens is 2. The second-order valence-corrected chi connectivity index (χ2v) is 10.9. The zero-order valence-electron chi connectivity index (χ0n) is 17.0. The van der Waals surface area contributed by atoms with Crippen LogP contribution in [0.2, 0.25) is 5.02 Å². The molecule has 0 bridgehead atoms. The molecule has 0 fully saturated rings. The highest BCUT2D eigenvalue weighted by Crippen LogP contribution is 2.45. The second kappa shape index (κ2) is 8.06. The number of thiophene rings is 1. The average Bonchev–Trinajstić information content (AvgIpc) is 3.58. The Morgan fingerprint density at radius 2 is 2.03 bits per heavy atom. The van der Waals surface area contributed by atoms with Gasteiger partial charge in [0.1, 0.15) is 11.6 Å². The number of carbonyl (C=O) groups excluding carboxylic acids is 2. The van der Waals surface area contributed by atoms with Gasteiger partial charge in [-0.15, -0.1) is 11.3 Å². The first-order valence-corrected chi connectivity index (χ1v) is 12.9. The first kappa shape index (κ1) is 21.5. The summed E-state index contributed by atoms with van der Waals surface area (Å²) in [4.78, 5) is 33.6. The summed E-state index contributed by atoms with van der Waals surface area (Å²) in [5, 5.41) is 14.4. The number of rotatable bonds is 4. The van der Waals surface area contributed by atoms with Gasteiger partial charge in [0.15, 0.2) is 16.7 Å². The van der Waals surface area contributed by atoms with Gasteiger partial charge in [-0.2, -0.15) is 0 Å². The Morgan fingerprint density at radius 3 is 2.82 bits per heavy atom. The van der Waals surface area contributed by atoms with Gasteiger partial charge in [-0.25, -0.2) is 4.98 Å². The van der Waals surface area contributed by atoms with Crippen molar-refractivity contribution in [3.8, 4) is 0 Å². The minimum atomic E-state index is -0.837. The molecule has 0 saturated heterocycles. The van der Waals surface area contributed by atoms with Crippen LogP contribution >= 0.6 is 50.2 Å². The van der Waals surface area contributed by atoms with Crippen molar-refractivity contribution in [2.75, 3.05) is 4.90 Å². The quantitative estimate of drug-likeness (QED) is 0.229. The lowest BCUT2D eigenvalue weighted by Crippen LogP contribution is -2.30. The van der Waals surface area contributed by atoms with Gasteiger partial charge in [0.05, 0.1) is 15.8 Å². The summed E-state index contributed by atoms with van der Waals surface area (Å²) in [7, 11) is 0. The number of aromatic nitrogens is 1. The zero-order chi connectivity index (χ0) is 23.6. The van der Waals surface area contributed by atoms with Crippen LogP contribution in [0.15, 0.2) is 80.2 Å². The van der Waals surface area contributed by atoms with Gasteiger partial charge in [0.25, 0.3) is 5.91 Å². The van der Waals surface area contributed by atoms with E-state index in [-0.39, 0.29) is 11.3 Å². The zero-order valence-corrected chi connectivity index (χ0v) is 21.0. The molecule has 6 nitrogen and oxygen atoms in total. The number of furan rings is 1. The topological polar surface area (TPSA) is 83.6 Å². The molecule has 1 amide bonds. The first-order valence-electron chi connectivity index (χ1n) is 10.0. The van der Waals surface area contributed by atoms with Gasteiger partial charge >= 0.3 is 0 Å². The first-order chi connectivity index (χ1) is 16.4. The lowest BCUT2D eigenvalue weighted by molar-refractivity contribution is -0.117. The van der Waals surface area contributed by atoms with E-state index in [2.05, 4.69) is 20.9 Å². The number of ketones is 1. The van der Waals surface area contributed by atoms with Crippen LogP contribution in [0, 0.1) is 0 Å². The molecule has 5 aromatic rings. The highest BCUT2D eigenvalue weighted by Gasteiger charge is 2.47. The highest BCUT2D eigenvalue weighted by molar-refractivity contribution is 9.10. The summed E-state index contributed by atoms with van der Waals surface area (Å²) in [6.07, 6.45) is 0. The molecule has 0 spiro atoms. The van der Waals surface area contributed by atoms with E-state index < -0.39 is 23.5 Å². The van der Waals surface area contributed by atoms with Crippen molar-refractivity contribution in [2.24, 2.45) is 0 Å². The fourth-order valence-electron chi connectivity index (χ4n) is 4.00. The van der Waals surface area contributed by atoms with Crippen LogP contribution in [0.4, 0.5) is 5.13 Å². The summed E-state index contributed by atoms with van der Waals surface area (Å²) in [5.41, 5.74) is 1.16. The summed E-state index contributed by atoms with van der Waals surface area (Å²) in [5.74, 6) is -1.81. The van der Waals surface area contributed by atoms with E-state index >= 15 is 0 Å². The molecule has 0 radical (unpaired) electrons. The Bertz CT molecular complexity index is 1650. The number of fused-ring (bicyclic) bond motifs is 2. The Labute approximate surface area is 213 Å². The van der Waals surface area contributed by atoms with Crippen molar-refractivity contribution in [1.82, 2.24) is 4.98 Å². The van der Waals surface area contributed by atoms with E-state index in [4.69, 9.17) is 16.0 Å². The molecule has 1 aliphatic rings. The van der Waals surface area contributed by atoms with Crippen molar-refractivity contribution >= 4 is 88.2 Å². The number of anilines is 1. The van der Waals surface area contributed by atoms with Gasteiger partial charge in [0.2, 0.25) is 5.78 Å². The van der Waals surface area contributed by atoms with Gasteiger partial charge < -0.3 is 9.52 Å². The summed E-state index contributed by atoms with van der Waals surface area (Å²) < 4.78 is 7.42. The SMILES string of the molecule is O=C(C1=C(O)C(=O)N(c2nc3ccc(Cl)cc3s2)C1c1cccs1)c1cc2cc(Br)ccc2o1. The maximum atomic E-state index is 13.6. The number of aliphatic hydroxyl groups is 1. The lowest BCUT2D eigenvalue weighted by Gasteiger charge is -2.22. The lowest BCUT2D eigenvalue weighted by atomic mass is 10.0. The molecular formula is C24H12BrClN2O4S2. The van der Waals surface area contributed by atoms with Crippen LogP contribution in [0.3, 0.4) is 0 Å². The third-order valence-electron chi connectivity index (χ3n) is 5.51. The van der Waals surface area contributed by atoms with E-state index in [1.807, 2.05) is 29.6 Å². The van der Waals surface area contributed by atoms with Gasteiger partial charge in [-0.3, -0.25) is 14.5 Å². The maximum absolute atomic E-state index is 13.6.